The fraction of sp³-hybridized carbons (Fsp3) is 0.130. The van der Waals surface area contributed by atoms with E-state index < -0.39 is 0 Å². The molecule has 0 saturated heterocycles. The number of allylic oxidation sites excluding steroid dienone is 1. The predicted molar refractivity (Wildman–Crippen MR) is 144 cm³/mol. The number of rotatable bonds is 9. The van der Waals surface area contributed by atoms with Gasteiger partial charge in [0.25, 0.3) is 0 Å². The van der Waals surface area contributed by atoms with E-state index in [1.807, 2.05) is 41.0 Å². The van der Waals surface area contributed by atoms with Gasteiger partial charge in [0.1, 0.15) is 0 Å². The number of thiazole rings is 1. The van der Waals surface area contributed by atoms with E-state index in [2.05, 4.69) is 43.0 Å². The molecule has 1 amide bonds. The molecular weight excluding hydrogens is 577 g/mol. The third kappa shape index (κ3) is 6.09. The highest BCUT2D eigenvalue weighted by Crippen LogP contribution is 2.30. The molecule has 6 nitrogen and oxygen atoms in total. The maximum Gasteiger partial charge on any atom is 0.236 e. The Bertz CT molecular complexity index is 1340. The molecule has 0 bridgehead atoms. The Morgan fingerprint density at radius 2 is 2.03 bits per heavy atom. The molecule has 0 radical (unpaired) electrons. The molecule has 0 spiro atoms. The summed E-state index contributed by atoms with van der Waals surface area (Å²) < 4.78 is 2.85. The van der Waals surface area contributed by atoms with Crippen molar-refractivity contribution in [3.63, 3.8) is 0 Å². The Balaban J connectivity index is 1.38. The zero-order chi connectivity index (χ0) is 24.1. The van der Waals surface area contributed by atoms with Gasteiger partial charge in [0.05, 0.1) is 15.8 Å². The second kappa shape index (κ2) is 11.5. The van der Waals surface area contributed by atoms with E-state index in [4.69, 9.17) is 23.2 Å². The number of carbonyl (C=O) groups is 1. The van der Waals surface area contributed by atoms with Crippen LogP contribution in [0.3, 0.4) is 0 Å². The molecule has 0 atom stereocenters. The molecule has 0 aliphatic carbocycles. The van der Waals surface area contributed by atoms with Crippen molar-refractivity contribution >= 4 is 73.3 Å². The molecule has 0 aliphatic rings. The van der Waals surface area contributed by atoms with Gasteiger partial charge in [0.15, 0.2) is 16.1 Å². The minimum atomic E-state index is -0.170. The Kier molecular flexibility index (Phi) is 8.44. The van der Waals surface area contributed by atoms with Crippen molar-refractivity contribution < 1.29 is 4.79 Å². The van der Waals surface area contributed by atoms with Crippen LogP contribution in [0.5, 0.6) is 0 Å². The molecule has 0 saturated carbocycles. The summed E-state index contributed by atoms with van der Waals surface area (Å²) >= 11 is 18.4. The molecule has 2 aromatic carbocycles. The van der Waals surface area contributed by atoms with E-state index in [-0.39, 0.29) is 11.7 Å². The van der Waals surface area contributed by atoms with Gasteiger partial charge in [-0.1, -0.05) is 81.2 Å². The zero-order valence-corrected chi connectivity index (χ0v) is 22.4. The van der Waals surface area contributed by atoms with Crippen LogP contribution in [0.2, 0.25) is 10.0 Å². The fourth-order valence-corrected chi connectivity index (χ4v) is 5.51. The number of benzene rings is 2. The summed E-state index contributed by atoms with van der Waals surface area (Å²) in [7, 11) is 0. The van der Waals surface area contributed by atoms with E-state index in [0.717, 1.165) is 20.5 Å². The van der Waals surface area contributed by atoms with Crippen molar-refractivity contribution in [2.24, 2.45) is 0 Å². The van der Waals surface area contributed by atoms with Crippen molar-refractivity contribution in [3.05, 3.63) is 86.3 Å². The number of nitrogens with one attached hydrogen (secondary N) is 1. The number of thioether (sulfide) groups is 1. The van der Waals surface area contributed by atoms with Gasteiger partial charge in [0.2, 0.25) is 5.91 Å². The fourth-order valence-electron chi connectivity index (χ4n) is 3.11. The molecule has 4 rings (SSSR count). The highest BCUT2D eigenvalue weighted by molar-refractivity contribution is 9.10. The summed E-state index contributed by atoms with van der Waals surface area (Å²) in [4.78, 5) is 17.9. The summed E-state index contributed by atoms with van der Waals surface area (Å²) in [6.07, 6.45) is 4.18. The molecule has 174 valence electrons. The van der Waals surface area contributed by atoms with E-state index in [9.17, 15) is 4.79 Å². The van der Waals surface area contributed by atoms with Crippen molar-refractivity contribution in [1.29, 1.82) is 0 Å². The van der Waals surface area contributed by atoms with Crippen LogP contribution < -0.4 is 5.32 Å². The number of amides is 1. The first-order valence-corrected chi connectivity index (χ1v) is 13.4. The highest BCUT2D eigenvalue weighted by Gasteiger charge is 2.17. The first-order valence-electron chi connectivity index (χ1n) is 10.0. The number of hydrogen-bond donors (Lipinski definition) is 1. The third-order valence-corrected chi connectivity index (χ3v) is 7.95. The van der Waals surface area contributed by atoms with Gasteiger partial charge in [-0.05, 0) is 23.8 Å². The van der Waals surface area contributed by atoms with Gasteiger partial charge in [-0.3, -0.25) is 9.36 Å². The standard InChI is InChI=1S/C23H18BrCl2N5OS2/c1-2-9-31-21(16-5-3-4-6-17(16)24)29-30-23(31)33-13-20(32)28-22-27-12-15(34-22)10-14-7-8-18(25)19(26)11-14/h2-8,11-12H,1,9-10,13H2,(H,27,28,32). The SMILES string of the molecule is C=CCn1c(SCC(=O)Nc2ncc(Cc3ccc(Cl)c(Cl)c3)s2)nnc1-c1ccccc1Br. The third-order valence-electron chi connectivity index (χ3n) is 4.64. The summed E-state index contributed by atoms with van der Waals surface area (Å²) in [5.74, 6) is 0.714. The quantitative estimate of drug-likeness (QED) is 0.167. The van der Waals surface area contributed by atoms with E-state index in [0.29, 0.717) is 39.1 Å². The average molecular weight is 595 g/mol. The molecule has 0 unspecified atom stereocenters. The molecule has 34 heavy (non-hydrogen) atoms. The largest absolute Gasteiger partial charge is 0.301 e. The molecule has 11 heteroatoms. The summed E-state index contributed by atoms with van der Waals surface area (Å²) in [6, 6.07) is 13.3. The van der Waals surface area contributed by atoms with Gasteiger partial charge in [0, 0.05) is 34.1 Å². The maximum absolute atomic E-state index is 12.6. The van der Waals surface area contributed by atoms with Crippen LogP contribution in [-0.2, 0) is 17.8 Å². The van der Waals surface area contributed by atoms with Crippen LogP contribution in [0, 0.1) is 0 Å². The van der Waals surface area contributed by atoms with Crippen LogP contribution in [0.4, 0.5) is 5.13 Å². The predicted octanol–water partition coefficient (Wildman–Crippen LogP) is 6.98. The van der Waals surface area contributed by atoms with Gasteiger partial charge in [-0.15, -0.1) is 28.1 Å². The highest BCUT2D eigenvalue weighted by atomic mass is 79.9. The van der Waals surface area contributed by atoms with Crippen molar-refractivity contribution in [2.75, 3.05) is 11.1 Å². The van der Waals surface area contributed by atoms with Crippen LogP contribution in [0.1, 0.15) is 10.4 Å². The Labute approximate surface area is 223 Å². The molecule has 0 aliphatic heterocycles. The molecule has 1 N–H and O–H groups in total. The van der Waals surface area contributed by atoms with Gasteiger partial charge in [-0.25, -0.2) is 4.98 Å². The van der Waals surface area contributed by atoms with Crippen LogP contribution in [-0.4, -0.2) is 31.4 Å². The number of carbonyl (C=O) groups excluding carboxylic acids is 1. The average Bonchev–Trinajstić information content (AvgIpc) is 3.42. The summed E-state index contributed by atoms with van der Waals surface area (Å²) in [5.41, 5.74) is 1.94. The zero-order valence-electron chi connectivity index (χ0n) is 17.7. The first kappa shape index (κ1) is 24.9. The van der Waals surface area contributed by atoms with Crippen LogP contribution in [0.15, 0.2) is 70.9 Å². The van der Waals surface area contributed by atoms with Crippen LogP contribution in [0.25, 0.3) is 11.4 Å². The lowest BCUT2D eigenvalue weighted by Gasteiger charge is -2.08. The van der Waals surface area contributed by atoms with Gasteiger partial charge >= 0.3 is 0 Å². The van der Waals surface area contributed by atoms with Crippen LogP contribution >= 0.6 is 62.2 Å². The van der Waals surface area contributed by atoms with Crippen molar-refractivity contribution in [1.82, 2.24) is 19.7 Å². The number of hydrogen-bond acceptors (Lipinski definition) is 6. The Morgan fingerprint density at radius 1 is 1.21 bits per heavy atom. The maximum atomic E-state index is 12.6. The molecule has 2 heterocycles. The lowest BCUT2D eigenvalue weighted by Crippen LogP contribution is -2.14. The monoisotopic (exact) mass is 593 g/mol. The topological polar surface area (TPSA) is 72.7 Å². The molecule has 4 aromatic rings. The van der Waals surface area contributed by atoms with Crippen molar-refractivity contribution in [2.45, 2.75) is 18.1 Å². The lowest BCUT2D eigenvalue weighted by molar-refractivity contribution is -0.113. The summed E-state index contributed by atoms with van der Waals surface area (Å²) in [5, 5.41) is 13.7. The normalized spacial score (nSPS) is 10.9. The number of halogens is 3. The molecule has 2 aromatic heterocycles. The Morgan fingerprint density at radius 3 is 2.79 bits per heavy atom. The van der Waals surface area contributed by atoms with Crippen molar-refractivity contribution in [3.8, 4) is 11.4 Å². The van der Waals surface area contributed by atoms with E-state index >= 15 is 0 Å². The second-order valence-electron chi connectivity index (χ2n) is 7.08. The minimum absolute atomic E-state index is 0.170. The molecular formula is C23H18BrCl2N5OS2. The number of nitrogens with zero attached hydrogens (tertiary/aromatic N) is 4. The smallest absolute Gasteiger partial charge is 0.236 e. The first-order chi connectivity index (χ1) is 16.4. The van der Waals surface area contributed by atoms with E-state index in [1.165, 1.54) is 23.1 Å². The van der Waals surface area contributed by atoms with E-state index in [1.54, 1.807) is 18.3 Å². The lowest BCUT2D eigenvalue weighted by atomic mass is 10.1. The minimum Gasteiger partial charge on any atom is -0.301 e. The number of aromatic nitrogens is 4. The van der Waals surface area contributed by atoms with Gasteiger partial charge in [-0.2, -0.15) is 0 Å². The Hall–Kier alpha value is -2.17. The molecule has 0 fully saturated rings. The summed E-state index contributed by atoms with van der Waals surface area (Å²) in [6.45, 7) is 4.35. The number of anilines is 1. The second-order valence-corrected chi connectivity index (χ2v) is 10.8. The van der Waals surface area contributed by atoms with Gasteiger partial charge < -0.3 is 5.32 Å².